The van der Waals surface area contributed by atoms with Crippen LogP contribution in [0.25, 0.3) is 10.8 Å². The van der Waals surface area contributed by atoms with Crippen LogP contribution in [0.5, 0.6) is 0 Å². The fourth-order valence-corrected chi connectivity index (χ4v) is 3.83. The van der Waals surface area contributed by atoms with Gasteiger partial charge in [-0.1, -0.05) is 60.7 Å². The Hall–Kier alpha value is -3.93. The van der Waals surface area contributed by atoms with E-state index in [1.54, 1.807) is 29.2 Å². The minimum absolute atomic E-state index is 0.230. The van der Waals surface area contributed by atoms with Crippen LogP contribution in [0.3, 0.4) is 0 Å². The number of hydrogen-bond acceptors (Lipinski definition) is 3. The van der Waals surface area contributed by atoms with E-state index in [0.29, 0.717) is 17.3 Å². The molecular weight excluding hydrogens is 402 g/mol. The number of nitrogens with one attached hydrogen (secondary N) is 1. The van der Waals surface area contributed by atoms with E-state index in [1.165, 1.54) is 5.56 Å². The van der Waals surface area contributed by atoms with Gasteiger partial charge in [-0.3, -0.25) is 19.5 Å². The maximum Gasteiger partial charge on any atom is 0.273 e. The number of carbonyl (C=O) groups excluding carboxylic acids is 1. The van der Waals surface area contributed by atoms with Crippen molar-refractivity contribution in [1.82, 2.24) is 9.78 Å². The minimum atomic E-state index is -0.387. The van der Waals surface area contributed by atoms with Crippen molar-refractivity contribution in [2.75, 3.05) is 11.4 Å². The zero-order valence-corrected chi connectivity index (χ0v) is 17.7. The van der Waals surface area contributed by atoms with E-state index in [1.807, 2.05) is 48.5 Å². The first-order valence-corrected chi connectivity index (χ1v) is 10.7. The highest BCUT2D eigenvalue weighted by Gasteiger charge is 2.18. The Bertz CT molecular complexity index is 1310. The average Bonchev–Trinajstić information content (AvgIpc) is 2.83. The smallest absolute Gasteiger partial charge is 0.273 e. The molecule has 3 aromatic carbocycles. The Morgan fingerprint density at radius 2 is 1.41 bits per heavy atom. The van der Waals surface area contributed by atoms with E-state index in [2.05, 4.69) is 17.2 Å². The highest BCUT2D eigenvalue weighted by molar-refractivity contribution is 5.93. The molecule has 1 heterocycles. The lowest BCUT2D eigenvalue weighted by Crippen LogP contribution is -2.39. The number of aromatic amines is 1. The van der Waals surface area contributed by atoms with Gasteiger partial charge in [0.05, 0.1) is 10.8 Å². The third-order valence-corrected chi connectivity index (χ3v) is 5.49. The molecule has 0 aliphatic heterocycles. The van der Waals surface area contributed by atoms with Gasteiger partial charge in [-0.15, -0.1) is 0 Å². The summed E-state index contributed by atoms with van der Waals surface area (Å²) >= 11 is 0. The van der Waals surface area contributed by atoms with Gasteiger partial charge in [0.1, 0.15) is 6.54 Å². The third-order valence-electron chi connectivity index (χ3n) is 5.49. The molecule has 4 aromatic rings. The number of hydrogen-bond donors (Lipinski definition) is 1. The number of para-hydroxylation sites is 1. The van der Waals surface area contributed by atoms with Crippen molar-refractivity contribution < 1.29 is 4.79 Å². The zero-order chi connectivity index (χ0) is 22.3. The van der Waals surface area contributed by atoms with E-state index in [0.717, 1.165) is 29.6 Å². The van der Waals surface area contributed by atoms with Crippen LogP contribution in [-0.4, -0.2) is 22.2 Å². The number of nitrogens with zero attached hydrogens (tertiary/aromatic N) is 2. The molecule has 0 spiro atoms. The van der Waals surface area contributed by atoms with Crippen molar-refractivity contribution in [1.29, 1.82) is 0 Å². The van der Waals surface area contributed by atoms with Crippen LogP contribution < -0.4 is 16.0 Å². The van der Waals surface area contributed by atoms with Crippen LogP contribution in [0.4, 0.5) is 5.69 Å². The highest BCUT2D eigenvalue weighted by Crippen LogP contribution is 2.16. The van der Waals surface area contributed by atoms with Crippen molar-refractivity contribution >= 4 is 22.4 Å². The number of anilines is 1. The number of fused-ring (bicyclic) bond motifs is 1. The van der Waals surface area contributed by atoms with Crippen molar-refractivity contribution in [2.24, 2.45) is 0 Å². The SMILES string of the molecule is O=C(Cn1[nH]c(=O)c2ccccc2c1=O)N(CCCCc1ccccc1)c1ccccc1. The molecule has 162 valence electrons. The maximum absolute atomic E-state index is 13.2. The number of aryl methyl sites for hydroxylation is 1. The summed E-state index contributed by atoms with van der Waals surface area (Å²) in [6.07, 6.45) is 2.70. The van der Waals surface area contributed by atoms with Crippen LogP contribution in [0.1, 0.15) is 18.4 Å². The summed E-state index contributed by atoms with van der Waals surface area (Å²) in [5, 5.41) is 3.17. The summed E-state index contributed by atoms with van der Waals surface area (Å²) in [6.45, 7) is 0.300. The molecule has 6 heteroatoms. The normalized spacial score (nSPS) is 10.9. The number of aromatic nitrogens is 2. The van der Waals surface area contributed by atoms with Gasteiger partial charge in [-0.25, -0.2) is 4.68 Å². The molecule has 4 rings (SSSR count). The monoisotopic (exact) mass is 427 g/mol. The third kappa shape index (κ3) is 4.86. The summed E-state index contributed by atoms with van der Waals surface area (Å²) in [5.41, 5.74) is 1.27. The summed E-state index contributed by atoms with van der Waals surface area (Å²) < 4.78 is 1.10. The molecular formula is C26H25N3O3. The molecule has 0 bridgehead atoms. The number of rotatable bonds is 8. The Kier molecular flexibility index (Phi) is 6.60. The summed E-state index contributed by atoms with van der Waals surface area (Å²) in [6, 6.07) is 26.3. The molecule has 0 unspecified atom stereocenters. The molecule has 0 saturated heterocycles. The second-order valence-electron chi connectivity index (χ2n) is 7.70. The quantitative estimate of drug-likeness (QED) is 0.435. The first-order valence-electron chi connectivity index (χ1n) is 10.7. The van der Waals surface area contributed by atoms with Crippen LogP contribution in [0.2, 0.25) is 0 Å². The van der Waals surface area contributed by atoms with E-state index >= 15 is 0 Å². The van der Waals surface area contributed by atoms with Crippen LogP contribution >= 0.6 is 0 Å². The minimum Gasteiger partial charge on any atom is -0.311 e. The average molecular weight is 428 g/mol. The van der Waals surface area contributed by atoms with E-state index in [9.17, 15) is 14.4 Å². The maximum atomic E-state index is 13.2. The second-order valence-corrected chi connectivity index (χ2v) is 7.70. The fraction of sp³-hybridized carbons (Fsp3) is 0.192. The van der Waals surface area contributed by atoms with Crippen molar-refractivity contribution in [3.8, 4) is 0 Å². The molecule has 1 aromatic heterocycles. The molecule has 0 saturated carbocycles. The fourth-order valence-electron chi connectivity index (χ4n) is 3.83. The molecule has 0 fully saturated rings. The molecule has 0 radical (unpaired) electrons. The Balaban J connectivity index is 1.52. The molecule has 1 N–H and O–H groups in total. The van der Waals surface area contributed by atoms with E-state index in [4.69, 9.17) is 0 Å². The largest absolute Gasteiger partial charge is 0.311 e. The van der Waals surface area contributed by atoms with Gasteiger partial charge in [0.25, 0.3) is 11.1 Å². The summed E-state index contributed by atoms with van der Waals surface area (Å²) in [5.74, 6) is -0.246. The van der Waals surface area contributed by atoms with E-state index < -0.39 is 0 Å². The first kappa shape index (κ1) is 21.3. The van der Waals surface area contributed by atoms with Crippen LogP contribution in [0, 0.1) is 0 Å². The predicted molar refractivity (Wildman–Crippen MR) is 127 cm³/mol. The molecule has 6 nitrogen and oxygen atoms in total. The molecule has 1 amide bonds. The summed E-state index contributed by atoms with van der Waals surface area (Å²) in [7, 11) is 0. The molecule has 0 aliphatic rings. The van der Waals surface area contributed by atoms with Gasteiger partial charge < -0.3 is 4.90 Å². The van der Waals surface area contributed by atoms with Crippen LogP contribution in [-0.2, 0) is 17.8 Å². The number of unbranched alkanes of at least 4 members (excludes halogenated alkanes) is 1. The summed E-state index contributed by atoms with van der Waals surface area (Å²) in [4.78, 5) is 40.1. The molecule has 32 heavy (non-hydrogen) atoms. The Morgan fingerprint density at radius 3 is 2.12 bits per heavy atom. The lowest BCUT2D eigenvalue weighted by atomic mass is 10.1. The lowest BCUT2D eigenvalue weighted by Gasteiger charge is -2.23. The van der Waals surface area contributed by atoms with Gasteiger partial charge in [0.15, 0.2) is 0 Å². The van der Waals surface area contributed by atoms with Crippen molar-refractivity contribution in [3.63, 3.8) is 0 Å². The zero-order valence-electron chi connectivity index (χ0n) is 17.7. The molecule has 0 aliphatic carbocycles. The Labute approximate surface area is 185 Å². The Morgan fingerprint density at radius 1 is 0.781 bits per heavy atom. The van der Waals surface area contributed by atoms with Gasteiger partial charge in [-0.2, -0.15) is 0 Å². The predicted octanol–water partition coefficient (Wildman–Crippen LogP) is 3.75. The van der Waals surface area contributed by atoms with E-state index in [-0.39, 0.29) is 23.6 Å². The first-order chi connectivity index (χ1) is 15.6. The van der Waals surface area contributed by atoms with Gasteiger partial charge in [0, 0.05) is 12.2 Å². The highest BCUT2D eigenvalue weighted by atomic mass is 16.2. The van der Waals surface area contributed by atoms with Gasteiger partial charge >= 0.3 is 0 Å². The second kappa shape index (κ2) is 9.92. The number of amides is 1. The molecule has 0 atom stereocenters. The topological polar surface area (TPSA) is 75.2 Å². The number of benzene rings is 3. The van der Waals surface area contributed by atoms with Gasteiger partial charge in [-0.05, 0) is 49.1 Å². The number of H-pyrrole nitrogens is 1. The van der Waals surface area contributed by atoms with Crippen LogP contribution in [0.15, 0.2) is 94.5 Å². The van der Waals surface area contributed by atoms with Gasteiger partial charge in [0.2, 0.25) is 5.91 Å². The van der Waals surface area contributed by atoms with Crippen molar-refractivity contribution in [2.45, 2.75) is 25.8 Å². The number of carbonyl (C=O) groups is 1. The lowest BCUT2D eigenvalue weighted by molar-refractivity contribution is -0.119. The standard InChI is InChI=1S/C26H25N3O3/c30-24(19-29-26(32)23-17-8-7-16-22(23)25(31)27-29)28(21-14-5-2-6-15-21)18-10-9-13-20-11-3-1-4-12-20/h1-8,11-12,14-17H,9-10,13,18-19H2,(H,27,31). The van der Waals surface area contributed by atoms with Crippen molar-refractivity contribution in [3.05, 3.63) is 111 Å².